The molecule has 2 rings (SSSR count). The summed E-state index contributed by atoms with van der Waals surface area (Å²) in [6.45, 7) is 7.21. The summed E-state index contributed by atoms with van der Waals surface area (Å²) in [5.74, 6) is 1.25. The van der Waals surface area contributed by atoms with Crippen LogP contribution in [0.2, 0.25) is 0 Å². The second kappa shape index (κ2) is 9.23. The van der Waals surface area contributed by atoms with Crippen LogP contribution in [0, 0.1) is 0 Å². The molecule has 0 spiro atoms. The number of rotatable bonds is 8. The molecule has 2 aromatic rings. The van der Waals surface area contributed by atoms with Crippen LogP contribution in [-0.2, 0) is 18.0 Å². The molecule has 0 aliphatic heterocycles. The Kier molecular flexibility index (Phi) is 7.26. The lowest BCUT2D eigenvalue weighted by atomic mass is 10.2. The van der Waals surface area contributed by atoms with E-state index in [0.717, 1.165) is 22.6 Å². The fourth-order valence-electron chi connectivity index (χ4n) is 2.47. The van der Waals surface area contributed by atoms with Gasteiger partial charge in [0.15, 0.2) is 0 Å². The largest absolute Gasteiger partial charge is 0.416 e. The van der Waals surface area contributed by atoms with Crippen molar-refractivity contribution < 1.29 is 17.9 Å². The van der Waals surface area contributed by atoms with Gasteiger partial charge in [0.1, 0.15) is 5.82 Å². The van der Waals surface area contributed by atoms with Crippen molar-refractivity contribution in [2.24, 2.45) is 12.0 Å². The predicted molar refractivity (Wildman–Crippen MR) is 106 cm³/mol. The molecule has 0 bridgehead atoms. The van der Waals surface area contributed by atoms with Gasteiger partial charge in [-0.15, -0.1) is 11.8 Å². The molecule has 8 heteroatoms. The molecule has 1 aromatic heterocycles. The minimum Gasteiger partial charge on any atom is -0.384 e. The fraction of sp³-hybridized carbons (Fsp3) is 0.368. The van der Waals surface area contributed by atoms with Crippen molar-refractivity contribution >= 4 is 34.6 Å². The molecule has 27 heavy (non-hydrogen) atoms. The first-order valence-corrected chi connectivity index (χ1v) is 9.33. The second-order valence-corrected chi connectivity index (χ2v) is 6.88. The fourth-order valence-corrected chi connectivity index (χ4v) is 3.28. The standard InChI is InChI=1S/C19H22F3N3OS/c1-5-23-9-8-15(13(2)27-11-10-26-4)18-24-16-12-14(19(20,21)22)6-7-17(16)25(18)3/h6-9,12H,2,5,10-11H2,1,3-4H3. The normalized spacial score (nSPS) is 13.0. The minimum absolute atomic E-state index is 0.287. The minimum atomic E-state index is -4.40. The van der Waals surface area contributed by atoms with Crippen molar-refractivity contribution in [3.05, 3.63) is 47.1 Å². The van der Waals surface area contributed by atoms with Gasteiger partial charge in [0, 0.05) is 43.1 Å². The maximum atomic E-state index is 13.0. The van der Waals surface area contributed by atoms with Crippen molar-refractivity contribution in [2.45, 2.75) is 13.1 Å². The molecule has 0 amide bonds. The number of aromatic nitrogens is 2. The summed E-state index contributed by atoms with van der Waals surface area (Å²) in [7, 11) is 3.40. The third-order valence-electron chi connectivity index (χ3n) is 3.84. The molecular weight excluding hydrogens is 375 g/mol. The number of methoxy groups -OCH3 is 1. The summed E-state index contributed by atoms with van der Waals surface area (Å²) in [6.07, 6.45) is -0.951. The molecular formula is C19H22F3N3OS. The number of allylic oxidation sites excluding steroid dienone is 2. The Bertz CT molecular complexity index is 869. The molecule has 1 heterocycles. The molecule has 0 unspecified atom stereocenters. The molecule has 0 aliphatic rings. The van der Waals surface area contributed by atoms with Gasteiger partial charge in [-0.25, -0.2) is 4.98 Å². The summed E-state index contributed by atoms with van der Waals surface area (Å²) in [6, 6.07) is 3.57. The average molecular weight is 397 g/mol. The van der Waals surface area contributed by atoms with E-state index in [4.69, 9.17) is 4.74 Å². The highest BCUT2D eigenvalue weighted by Gasteiger charge is 2.31. The number of halogens is 3. The van der Waals surface area contributed by atoms with Gasteiger partial charge in [0.2, 0.25) is 0 Å². The van der Waals surface area contributed by atoms with Crippen LogP contribution in [0.25, 0.3) is 16.6 Å². The van der Waals surface area contributed by atoms with Crippen LogP contribution in [0.1, 0.15) is 18.3 Å². The van der Waals surface area contributed by atoms with Crippen molar-refractivity contribution in [1.82, 2.24) is 9.55 Å². The van der Waals surface area contributed by atoms with Crippen LogP contribution in [0.3, 0.4) is 0 Å². The molecule has 0 atom stereocenters. The van der Waals surface area contributed by atoms with Crippen molar-refractivity contribution in [1.29, 1.82) is 0 Å². The number of fused-ring (bicyclic) bond motifs is 1. The van der Waals surface area contributed by atoms with E-state index in [1.807, 2.05) is 6.92 Å². The number of thioether (sulfide) groups is 1. The van der Waals surface area contributed by atoms with Crippen LogP contribution < -0.4 is 0 Å². The van der Waals surface area contributed by atoms with Crippen LogP contribution in [0.4, 0.5) is 13.2 Å². The molecule has 1 aromatic carbocycles. The molecule has 0 radical (unpaired) electrons. The lowest BCUT2D eigenvalue weighted by Crippen LogP contribution is -2.04. The van der Waals surface area contributed by atoms with Crippen LogP contribution >= 0.6 is 11.8 Å². The first kappa shape index (κ1) is 21.2. The Morgan fingerprint density at radius 2 is 2.15 bits per heavy atom. The number of alkyl halides is 3. The van der Waals surface area contributed by atoms with E-state index in [-0.39, 0.29) is 5.52 Å². The first-order chi connectivity index (χ1) is 12.8. The average Bonchev–Trinajstić information content (AvgIpc) is 2.94. The van der Waals surface area contributed by atoms with Crippen LogP contribution in [0.15, 0.2) is 40.8 Å². The summed E-state index contributed by atoms with van der Waals surface area (Å²) in [4.78, 5) is 9.38. The van der Waals surface area contributed by atoms with Gasteiger partial charge in [-0.2, -0.15) is 13.2 Å². The number of nitrogens with zero attached hydrogens (tertiary/aromatic N) is 3. The van der Waals surface area contributed by atoms with Crippen LogP contribution in [-0.4, -0.2) is 41.8 Å². The van der Waals surface area contributed by atoms with E-state index >= 15 is 0 Å². The van der Waals surface area contributed by atoms with Crippen molar-refractivity contribution in [3.8, 4) is 0 Å². The number of hydrogen-bond donors (Lipinski definition) is 0. The van der Waals surface area contributed by atoms with Crippen molar-refractivity contribution in [2.75, 3.05) is 26.0 Å². The highest BCUT2D eigenvalue weighted by atomic mass is 32.2. The molecule has 0 aliphatic carbocycles. The first-order valence-electron chi connectivity index (χ1n) is 8.34. The Hall–Kier alpha value is -2.06. The van der Waals surface area contributed by atoms with Gasteiger partial charge in [-0.05, 0) is 31.2 Å². The van der Waals surface area contributed by atoms with Crippen LogP contribution in [0.5, 0.6) is 0 Å². The third-order valence-corrected chi connectivity index (χ3v) is 4.78. The summed E-state index contributed by atoms with van der Waals surface area (Å²) >= 11 is 1.51. The van der Waals surface area contributed by atoms with E-state index in [2.05, 4.69) is 16.6 Å². The van der Waals surface area contributed by atoms with Gasteiger partial charge < -0.3 is 9.30 Å². The summed E-state index contributed by atoms with van der Waals surface area (Å²) in [5, 5.41) is 0. The lowest BCUT2D eigenvalue weighted by molar-refractivity contribution is -0.137. The Balaban J connectivity index is 2.49. The van der Waals surface area contributed by atoms with Gasteiger partial charge >= 0.3 is 6.18 Å². The highest BCUT2D eigenvalue weighted by Crippen LogP contribution is 2.34. The third kappa shape index (κ3) is 5.23. The molecule has 0 N–H and O–H groups in total. The predicted octanol–water partition coefficient (Wildman–Crippen LogP) is 4.96. The summed E-state index contributed by atoms with van der Waals surface area (Å²) < 4.78 is 45.8. The quantitative estimate of drug-likeness (QED) is 0.359. The van der Waals surface area contributed by atoms with Gasteiger partial charge in [-0.3, -0.25) is 4.99 Å². The number of ether oxygens (including phenoxy) is 1. The van der Waals surface area contributed by atoms with E-state index in [0.29, 0.717) is 30.2 Å². The Morgan fingerprint density at radius 1 is 1.41 bits per heavy atom. The van der Waals surface area contributed by atoms with E-state index < -0.39 is 11.7 Å². The zero-order valence-electron chi connectivity index (χ0n) is 15.5. The molecule has 0 saturated heterocycles. The molecule has 0 saturated carbocycles. The van der Waals surface area contributed by atoms with Gasteiger partial charge in [-0.1, -0.05) is 6.58 Å². The SMILES string of the molecule is C=C(SCCOC)C(=CC=NCC)c1nc2cc(C(F)(F)F)ccc2n1C. The second-order valence-electron chi connectivity index (χ2n) is 5.69. The zero-order chi connectivity index (χ0) is 20.0. The topological polar surface area (TPSA) is 39.4 Å². The van der Waals surface area contributed by atoms with E-state index in [1.165, 1.54) is 17.8 Å². The van der Waals surface area contributed by atoms with Gasteiger partial charge in [0.05, 0.1) is 23.2 Å². The smallest absolute Gasteiger partial charge is 0.384 e. The Morgan fingerprint density at radius 3 is 2.78 bits per heavy atom. The van der Waals surface area contributed by atoms with Crippen molar-refractivity contribution in [3.63, 3.8) is 0 Å². The highest BCUT2D eigenvalue weighted by molar-refractivity contribution is 8.03. The van der Waals surface area contributed by atoms with Gasteiger partial charge in [0.25, 0.3) is 0 Å². The number of hydrogen-bond acceptors (Lipinski definition) is 4. The Labute approximate surface area is 160 Å². The number of aliphatic imine (C=N–C) groups is 1. The number of imidazole rings is 1. The molecule has 0 fully saturated rings. The summed E-state index contributed by atoms with van der Waals surface area (Å²) in [5.41, 5.74) is 0.910. The number of aryl methyl sites for hydroxylation is 1. The van der Waals surface area contributed by atoms with E-state index in [9.17, 15) is 13.2 Å². The van der Waals surface area contributed by atoms with E-state index in [1.54, 1.807) is 31.0 Å². The maximum absolute atomic E-state index is 13.0. The zero-order valence-corrected chi connectivity index (χ0v) is 16.3. The number of benzene rings is 1. The molecule has 146 valence electrons. The lowest BCUT2D eigenvalue weighted by Gasteiger charge is -2.10. The monoisotopic (exact) mass is 397 g/mol. The maximum Gasteiger partial charge on any atom is 0.416 e. The molecule has 4 nitrogen and oxygen atoms in total.